The van der Waals surface area contributed by atoms with Crippen molar-refractivity contribution in [1.82, 2.24) is 14.8 Å². The van der Waals surface area contributed by atoms with E-state index >= 15 is 0 Å². The number of benzene rings is 2. The average molecular weight is 413 g/mol. The van der Waals surface area contributed by atoms with Gasteiger partial charge in [-0.1, -0.05) is 30.3 Å². The van der Waals surface area contributed by atoms with E-state index in [4.69, 9.17) is 0 Å². The number of nitro benzene ring substituents is 1. The molecular formula is C23H19N5O3. The molecule has 8 heteroatoms. The number of nitrogens with one attached hydrogen (secondary N) is 1. The minimum atomic E-state index is -0.463. The molecule has 0 fully saturated rings. The Morgan fingerprint density at radius 1 is 1.00 bits per heavy atom. The molecule has 0 unspecified atom stereocenters. The number of aryl methyl sites for hydroxylation is 2. The lowest BCUT2D eigenvalue weighted by molar-refractivity contribution is -0.384. The summed E-state index contributed by atoms with van der Waals surface area (Å²) >= 11 is 0. The molecule has 0 aliphatic heterocycles. The van der Waals surface area contributed by atoms with Crippen molar-refractivity contribution < 1.29 is 9.72 Å². The van der Waals surface area contributed by atoms with E-state index in [2.05, 4.69) is 15.4 Å². The van der Waals surface area contributed by atoms with Gasteiger partial charge in [0.15, 0.2) is 0 Å². The van der Waals surface area contributed by atoms with Crippen LogP contribution in [0.15, 0.2) is 72.8 Å². The summed E-state index contributed by atoms with van der Waals surface area (Å²) in [5.41, 5.74) is 4.11. The number of anilines is 1. The van der Waals surface area contributed by atoms with E-state index in [0.29, 0.717) is 28.5 Å². The number of amides is 1. The summed E-state index contributed by atoms with van der Waals surface area (Å²) in [6.07, 6.45) is 0. The van der Waals surface area contributed by atoms with E-state index in [0.717, 1.165) is 11.3 Å². The lowest BCUT2D eigenvalue weighted by Crippen LogP contribution is -2.17. The second kappa shape index (κ2) is 8.19. The second-order valence-electron chi connectivity index (χ2n) is 7.01. The van der Waals surface area contributed by atoms with Crippen molar-refractivity contribution in [2.45, 2.75) is 13.8 Å². The topological polar surface area (TPSA) is 103 Å². The fraction of sp³-hybridized carbons (Fsp3) is 0.0870. The SMILES string of the molecule is Cc1cc(NC(=O)c2ccc(-c3ccccc3)nc2C)n(-c2ccc([N+](=O)[O-])cc2)n1. The van der Waals surface area contributed by atoms with Crippen molar-refractivity contribution >= 4 is 17.4 Å². The van der Waals surface area contributed by atoms with Gasteiger partial charge in [0.1, 0.15) is 5.82 Å². The summed E-state index contributed by atoms with van der Waals surface area (Å²) in [7, 11) is 0. The van der Waals surface area contributed by atoms with Gasteiger partial charge in [0, 0.05) is 23.8 Å². The maximum atomic E-state index is 12.9. The largest absolute Gasteiger partial charge is 0.306 e. The Morgan fingerprint density at radius 3 is 2.35 bits per heavy atom. The molecule has 2 heterocycles. The number of hydrogen-bond donors (Lipinski definition) is 1. The number of carbonyl (C=O) groups is 1. The molecule has 0 spiro atoms. The highest BCUT2D eigenvalue weighted by atomic mass is 16.6. The summed E-state index contributed by atoms with van der Waals surface area (Å²) in [6, 6.07) is 21.0. The number of rotatable bonds is 5. The Hall–Kier alpha value is -4.33. The first-order valence-electron chi connectivity index (χ1n) is 9.58. The van der Waals surface area contributed by atoms with Gasteiger partial charge in [-0.25, -0.2) is 4.68 Å². The van der Waals surface area contributed by atoms with Gasteiger partial charge >= 0.3 is 0 Å². The Kier molecular flexibility index (Phi) is 5.28. The standard InChI is InChI=1S/C23H19N5O3/c1-15-14-22(27(26-15)18-8-10-19(11-9-18)28(30)31)25-23(29)20-12-13-21(24-16(20)2)17-6-4-3-5-7-17/h3-14H,1-2H3,(H,25,29). The van der Waals surface area contributed by atoms with Crippen molar-refractivity contribution in [1.29, 1.82) is 0 Å². The van der Waals surface area contributed by atoms with Crippen LogP contribution >= 0.6 is 0 Å². The van der Waals surface area contributed by atoms with Crippen LogP contribution in [0.1, 0.15) is 21.7 Å². The summed E-state index contributed by atoms with van der Waals surface area (Å²) < 4.78 is 1.54. The van der Waals surface area contributed by atoms with Crippen LogP contribution in [0.25, 0.3) is 16.9 Å². The van der Waals surface area contributed by atoms with Crippen molar-refractivity contribution in [3.8, 4) is 16.9 Å². The van der Waals surface area contributed by atoms with E-state index < -0.39 is 4.92 Å². The highest BCUT2D eigenvalue weighted by Crippen LogP contribution is 2.22. The molecule has 0 bridgehead atoms. The Morgan fingerprint density at radius 2 is 1.71 bits per heavy atom. The Labute approximate surface area is 178 Å². The smallest absolute Gasteiger partial charge is 0.269 e. The Bertz CT molecular complexity index is 1260. The first-order chi connectivity index (χ1) is 14.9. The molecule has 4 rings (SSSR count). The zero-order valence-electron chi connectivity index (χ0n) is 16.9. The molecule has 8 nitrogen and oxygen atoms in total. The van der Waals surface area contributed by atoms with Crippen molar-refractivity contribution in [3.05, 3.63) is 99.9 Å². The first-order valence-corrected chi connectivity index (χ1v) is 9.58. The fourth-order valence-electron chi connectivity index (χ4n) is 3.26. The molecule has 4 aromatic rings. The van der Waals surface area contributed by atoms with E-state index in [1.165, 1.54) is 16.8 Å². The van der Waals surface area contributed by atoms with Gasteiger partial charge in [0.25, 0.3) is 11.6 Å². The van der Waals surface area contributed by atoms with Gasteiger partial charge < -0.3 is 5.32 Å². The molecule has 0 aliphatic rings. The minimum Gasteiger partial charge on any atom is -0.306 e. The van der Waals surface area contributed by atoms with Crippen LogP contribution in [0.5, 0.6) is 0 Å². The number of carbonyl (C=O) groups excluding carboxylic acids is 1. The predicted octanol–water partition coefficient (Wildman–Crippen LogP) is 4.71. The summed E-state index contributed by atoms with van der Waals surface area (Å²) in [4.78, 5) is 27.9. The monoisotopic (exact) mass is 413 g/mol. The normalized spacial score (nSPS) is 10.6. The molecule has 2 aromatic carbocycles. The minimum absolute atomic E-state index is 0.0154. The van der Waals surface area contributed by atoms with Gasteiger partial charge in [-0.15, -0.1) is 0 Å². The molecule has 0 radical (unpaired) electrons. The van der Waals surface area contributed by atoms with Crippen LogP contribution in [-0.4, -0.2) is 25.6 Å². The molecule has 1 amide bonds. The molecule has 2 aromatic heterocycles. The van der Waals surface area contributed by atoms with Gasteiger partial charge in [-0.05, 0) is 38.1 Å². The molecule has 0 saturated heterocycles. The van der Waals surface area contributed by atoms with Crippen LogP contribution in [0.2, 0.25) is 0 Å². The number of pyridine rings is 1. The zero-order chi connectivity index (χ0) is 22.0. The van der Waals surface area contributed by atoms with Crippen molar-refractivity contribution in [2.75, 3.05) is 5.32 Å². The van der Waals surface area contributed by atoms with E-state index in [9.17, 15) is 14.9 Å². The maximum Gasteiger partial charge on any atom is 0.269 e. The number of nitrogens with zero attached hydrogens (tertiary/aromatic N) is 4. The molecular weight excluding hydrogens is 394 g/mol. The number of aromatic nitrogens is 3. The lowest BCUT2D eigenvalue weighted by Gasteiger charge is -2.11. The number of nitro groups is 1. The van der Waals surface area contributed by atoms with E-state index in [1.54, 1.807) is 38.1 Å². The van der Waals surface area contributed by atoms with E-state index in [1.807, 2.05) is 36.4 Å². The quantitative estimate of drug-likeness (QED) is 0.377. The van der Waals surface area contributed by atoms with Crippen molar-refractivity contribution in [3.63, 3.8) is 0 Å². The molecule has 0 saturated carbocycles. The van der Waals surface area contributed by atoms with Gasteiger partial charge in [-0.3, -0.25) is 19.9 Å². The predicted molar refractivity (Wildman–Crippen MR) is 117 cm³/mol. The highest BCUT2D eigenvalue weighted by molar-refractivity contribution is 6.04. The van der Waals surface area contributed by atoms with Crippen LogP contribution in [0.3, 0.4) is 0 Å². The average Bonchev–Trinajstić information content (AvgIpc) is 3.14. The maximum absolute atomic E-state index is 12.9. The van der Waals surface area contributed by atoms with Crippen molar-refractivity contribution in [2.24, 2.45) is 0 Å². The van der Waals surface area contributed by atoms with Crippen LogP contribution in [-0.2, 0) is 0 Å². The lowest BCUT2D eigenvalue weighted by atomic mass is 10.1. The summed E-state index contributed by atoms with van der Waals surface area (Å²) in [6.45, 7) is 3.60. The first kappa shape index (κ1) is 20.0. The van der Waals surface area contributed by atoms with Crippen LogP contribution in [0, 0.1) is 24.0 Å². The van der Waals surface area contributed by atoms with Gasteiger partial charge in [0.2, 0.25) is 0 Å². The van der Waals surface area contributed by atoms with Crippen LogP contribution in [0.4, 0.5) is 11.5 Å². The number of non-ortho nitro benzene ring substituents is 1. The summed E-state index contributed by atoms with van der Waals surface area (Å²) in [5, 5.41) is 18.2. The highest BCUT2D eigenvalue weighted by Gasteiger charge is 2.16. The van der Waals surface area contributed by atoms with Crippen LogP contribution < -0.4 is 5.32 Å². The Balaban J connectivity index is 1.60. The third-order valence-electron chi connectivity index (χ3n) is 4.78. The second-order valence-corrected chi connectivity index (χ2v) is 7.01. The fourth-order valence-corrected chi connectivity index (χ4v) is 3.26. The third kappa shape index (κ3) is 4.18. The zero-order valence-corrected chi connectivity index (χ0v) is 16.9. The number of hydrogen-bond acceptors (Lipinski definition) is 5. The molecule has 1 N–H and O–H groups in total. The molecule has 31 heavy (non-hydrogen) atoms. The summed E-state index contributed by atoms with van der Waals surface area (Å²) in [5.74, 6) is 0.149. The van der Waals surface area contributed by atoms with Gasteiger partial charge in [0.05, 0.1) is 33.3 Å². The third-order valence-corrected chi connectivity index (χ3v) is 4.78. The molecule has 0 atom stereocenters. The molecule has 154 valence electrons. The molecule has 0 aliphatic carbocycles. The van der Waals surface area contributed by atoms with E-state index in [-0.39, 0.29) is 11.6 Å². The van der Waals surface area contributed by atoms with Gasteiger partial charge in [-0.2, -0.15) is 5.10 Å².